The van der Waals surface area contributed by atoms with Gasteiger partial charge >= 0.3 is 0 Å². The van der Waals surface area contributed by atoms with Gasteiger partial charge in [-0.3, -0.25) is 14.9 Å². The van der Waals surface area contributed by atoms with E-state index in [1.165, 1.54) is 13.2 Å². The predicted octanol–water partition coefficient (Wildman–Crippen LogP) is 4.75. The number of nitrogens with one attached hydrogen (secondary N) is 2. The minimum absolute atomic E-state index is 0.0831. The highest BCUT2D eigenvalue weighted by Crippen LogP contribution is 2.25. The highest BCUT2D eigenvalue weighted by Gasteiger charge is 2.23. The monoisotopic (exact) mass is 522 g/mol. The lowest BCUT2D eigenvalue weighted by Crippen LogP contribution is -2.48. The van der Waals surface area contributed by atoms with Gasteiger partial charge in [0.1, 0.15) is 5.75 Å². The van der Waals surface area contributed by atoms with E-state index in [-0.39, 0.29) is 16.9 Å². The van der Waals surface area contributed by atoms with Crippen molar-refractivity contribution in [2.75, 3.05) is 43.5 Å². The van der Waals surface area contributed by atoms with Gasteiger partial charge in [0, 0.05) is 48.7 Å². The van der Waals surface area contributed by atoms with Crippen LogP contribution < -0.4 is 20.3 Å². The second kappa shape index (κ2) is 11.4. The SMILES string of the molecule is COc1ccc(C(=O)NC(=S)Nc2ccc(N3CCN(C(=O)c4ccccc4C)CC3)cc2)cc1Cl. The Morgan fingerprint density at radius 1 is 0.972 bits per heavy atom. The predicted molar refractivity (Wildman–Crippen MR) is 147 cm³/mol. The summed E-state index contributed by atoms with van der Waals surface area (Å²) in [7, 11) is 1.51. The second-order valence-corrected chi connectivity index (χ2v) is 9.21. The van der Waals surface area contributed by atoms with Gasteiger partial charge in [0.25, 0.3) is 11.8 Å². The molecule has 1 heterocycles. The van der Waals surface area contributed by atoms with Crippen LogP contribution in [0.5, 0.6) is 5.75 Å². The third-order valence-electron chi connectivity index (χ3n) is 6.07. The lowest BCUT2D eigenvalue weighted by Gasteiger charge is -2.36. The number of halogens is 1. The van der Waals surface area contributed by atoms with Gasteiger partial charge in [0.2, 0.25) is 0 Å². The molecule has 9 heteroatoms. The van der Waals surface area contributed by atoms with Crippen molar-refractivity contribution < 1.29 is 14.3 Å². The zero-order valence-corrected chi connectivity index (χ0v) is 21.7. The topological polar surface area (TPSA) is 73.9 Å². The van der Waals surface area contributed by atoms with Crippen LogP contribution in [-0.2, 0) is 0 Å². The van der Waals surface area contributed by atoms with Crippen LogP contribution in [0.2, 0.25) is 5.02 Å². The number of anilines is 2. The highest BCUT2D eigenvalue weighted by atomic mass is 35.5. The summed E-state index contributed by atoms with van der Waals surface area (Å²) in [5.74, 6) is 0.208. The van der Waals surface area contributed by atoms with Crippen molar-refractivity contribution in [2.24, 2.45) is 0 Å². The summed E-state index contributed by atoms with van der Waals surface area (Å²) < 4.78 is 5.11. The van der Waals surface area contributed by atoms with E-state index in [0.717, 1.165) is 35.6 Å². The smallest absolute Gasteiger partial charge is 0.257 e. The van der Waals surface area contributed by atoms with E-state index in [4.69, 9.17) is 28.6 Å². The molecule has 1 fully saturated rings. The first-order chi connectivity index (χ1) is 17.4. The number of ether oxygens (including phenoxy) is 1. The summed E-state index contributed by atoms with van der Waals surface area (Å²) in [6, 6.07) is 20.3. The Labute approximate surface area is 221 Å². The molecule has 2 N–H and O–H groups in total. The minimum Gasteiger partial charge on any atom is -0.495 e. The van der Waals surface area contributed by atoms with Gasteiger partial charge in [-0.2, -0.15) is 0 Å². The van der Waals surface area contributed by atoms with E-state index < -0.39 is 0 Å². The number of carbonyl (C=O) groups is 2. The molecule has 3 aromatic rings. The zero-order valence-electron chi connectivity index (χ0n) is 20.1. The number of piperazine rings is 1. The van der Waals surface area contributed by atoms with Crippen molar-refractivity contribution in [1.82, 2.24) is 10.2 Å². The molecule has 0 atom stereocenters. The number of hydrogen-bond donors (Lipinski definition) is 2. The van der Waals surface area contributed by atoms with Crippen LogP contribution in [0.4, 0.5) is 11.4 Å². The first-order valence-electron chi connectivity index (χ1n) is 11.5. The maximum absolute atomic E-state index is 12.9. The molecular weight excluding hydrogens is 496 g/mol. The summed E-state index contributed by atoms with van der Waals surface area (Å²) in [4.78, 5) is 29.5. The van der Waals surface area contributed by atoms with Gasteiger partial charge in [-0.05, 0) is 73.2 Å². The van der Waals surface area contributed by atoms with E-state index in [2.05, 4.69) is 15.5 Å². The average molecular weight is 523 g/mol. The number of carbonyl (C=O) groups excluding carboxylic acids is 2. The first kappa shape index (κ1) is 25.5. The van der Waals surface area contributed by atoms with Crippen LogP contribution in [-0.4, -0.2) is 55.1 Å². The molecule has 1 saturated heterocycles. The fourth-order valence-electron chi connectivity index (χ4n) is 4.05. The van der Waals surface area contributed by atoms with Crippen LogP contribution in [0.1, 0.15) is 26.3 Å². The number of methoxy groups -OCH3 is 1. The largest absolute Gasteiger partial charge is 0.495 e. The number of nitrogens with zero attached hydrogens (tertiary/aromatic N) is 2. The fourth-order valence-corrected chi connectivity index (χ4v) is 4.52. The quantitative estimate of drug-likeness (QED) is 0.471. The lowest BCUT2D eigenvalue weighted by atomic mass is 10.1. The van der Waals surface area contributed by atoms with Crippen molar-refractivity contribution in [3.8, 4) is 5.75 Å². The molecule has 7 nitrogen and oxygen atoms in total. The van der Waals surface area contributed by atoms with Crippen molar-refractivity contribution >= 4 is 52.1 Å². The Morgan fingerprint density at radius 3 is 2.31 bits per heavy atom. The molecule has 0 aliphatic carbocycles. The molecule has 0 saturated carbocycles. The summed E-state index contributed by atoms with van der Waals surface area (Å²) in [5.41, 5.74) is 3.95. The van der Waals surface area contributed by atoms with Crippen LogP contribution >= 0.6 is 23.8 Å². The maximum Gasteiger partial charge on any atom is 0.257 e. The molecule has 1 aliphatic heterocycles. The molecule has 0 unspecified atom stereocenters. The number of amides is 2. The number of benzene rings is 3. The number of rotatable bonds is 5. The number of thiocarbonyl (C=S) groups is 1. The molecule has 0 bridgehead atoms. The molecule has 0 aromatic heterocycles. The van der Waals surface area contributed by atoms with E-state index >= 15 is 0 Å². The maximum atomic E-state index is 12.9. The number of aryl methyl sites for hydroxylation is 1. The normalized spacial score (nSPS) is 13.2. The standard InChI is InChI=1S/C27H27ClN4O3S/c1-18-5-3-4-6-22(18)26(34)32-15-13-31(14-16-32)21-10-8-20(9-11-21)29-27(36)30-25(33)19-7-12-24(35-2)23(28)17-19/h3-12,17H,13-16H2,1-2H3,(H2,29,30,33,36). The second-order valence-electron chi connectivity index (χ2n) is 8.40. The molecule has 2 amide bonds. The first-order valence-corrected chi connectivity index (χ1v) is 12.3. The zero-order chi connectivity index (χ0) is 25.7. The fraction of sp³-hybridized carbons (Fsp3) is 0.222. The Bertz CT molecular complexity index is 1270. The van der Waals surface area contributed by atoms with Gasteiger partial charge in [0.15, 0.2) is 5.11 Å². The minimum atomic E-state index is -0.369. The molecule has 4 rings (SSSR count). The summed E-state index contributed by atoms with van der Waals surface area (Å²) in [6.45, 7) is 4.80. The van der Waals surface area contributed by atoms with Gasteiger partial charge < -0.3 is 19.9 Å². The van der Waals surface area contributed by atoms with Crippen molar-refractivity contribution in [2.45, 2.75) is 6.92 Å². The lowest BCUT2D eigenvalue weighted by molar-refractivity contribution is 0.0746. The molecule has 0 radical (unpaired) electrons. The van der Waals surface area contributed by atoms with Gasteiger partial charge in [0.05, 0.1) is 12.1 Å². The van der Waals surface area contributed by atoms with Crippen LogP contribution in [0, 0.1) is 6.92 Å². The highest BCUT2D eigenvalue weighted by molar-refractivity contribution is 7.80. The van der Waals surface area contributed by atoms with E-state index in [1.807, 2.05) is 60.4 Å². The Balaban J connectivity index is 1.29. The van der Waals surface area contributed by atoms with Crippen molar-refractivity contribution in [1.29, 1.82) is 0 Å². The summed E-state index contributed by atoms with van der Waals surface area (Å²) in [6.07, 6.45) is 0. The third kappa shape index (κ3) is 5.95. The number of hydrogen-bond acceptors (Lipinski definition) is 5. The Hall–Kier alpha value is -3.62. The Kier molecular flexibility index (Phi) is 8.07. The van der Waals surface area contributed by atoms with Crippen LogP contribution in [0.25, 0.3) is 0 Å². The third-order valence-corrected chi connectivity index (χ3v) is 6.57. The van der Waals surface area contributed by atoms with E-state index in [1.54, 1.807) is 12.1 Å². The molecule has 36 heavy (non-hydrogen) atoms. The van der Waals surface area contributed by atoms with Gasteiger partial charge in [-0.1, -0.05) is 29.8 Å². The summed E-state index contributed by atoms with van der Waals surface area (Å²) in [5, 5.41) is 6.21. The molecular formula is C27H27ClN4O3S. The summed E-state index contributed by atoms with van der Waals surface area (Å²) >= 11 is 11.4. The molecule has 3 aromatic carbocycles. The average Bonchev–Trinajstić information content (AvgIpc) is 2.89. The molecule has 0 spiro atoms. The van der Waals surface area contributed by atoms with E-state index in [9.17, 15) is 9.59 Å². The van der Waals surface area contributed by atoms with Gasteiger partial charge in [-0.25, -0.2) is 0 Å². The van der Waals surface area contributed by atoms with E-state index in [0.29, 0.717) is 29.4 Å². The van der Waals surface area contributed by atoms with Gasteiger partial charge in [-0.15, -0.1) is 0 Å². The Morgan fingerprint density at radius 2 is 1.67 bits per heavy atom. The van der Waals surface area contributed by atoms with Crippen LogP contribution in [0.15, 0.2) is 66.7 Å². The molecule has 186 valence electrons. The molecule has 1 aliphatic rings. The van der Waals surface area contributed by atoms with Crippen molar-refractivity contribution in [3.05, 3.63) is 88.4 Å². The van der Waals surface area contributed by atoms with Crippen molar-refractivity contribution in [3.63, 3.8) is 0 Å². The van der Waals surface area contributed by atoms with Crippen LogP contribution in [0.3, 0.4) is 0 Å².